The molecule has 0 aliphatic heterocycles. The van der Waals surface area contributed by atoms with E-state index in [2.05, 4.69) is 15.0 Å². The van der Waals surface area contributed by atoms with Crippen LogP contribution in [0.4, 0.5) is 14.6 Å². The molecule has 1 atom stereocenters. The van der Waals surface area contributed by atoms with E-state index in [1.54, 1.807) is 0 Å². The van der Waals surface area contributed by atoms with Crippen LogP contribution in [0.15, 0.2) is 41.4 Å². The van der Waals surface area contributed by atoms with E-state index in [0.717, 1.165) is 18.2 Å². The van der Waals surface area contributed by atoms with E-state index in [0.29, 0.717) is 12.2 Å². The Morgan fingerprint density at radius 2 is 1.96 bits per heavy atom. The fourth-order valence-electron chi connectivity index (χ4n) is 2.10. The molecule has 2 rings (SSSR count). The molecule has 23 heavy (non-hydrogen) atoms. The Balaban J connectivity index is 2.24. The van der Waals surface area contributed by atoms with Gasteiger partial charge in [0.2, 0.25) is 10.0 Å². The van der Waals surface area contributed by atoms with Gasteiger partial charge in [0, 0.05) is 11.8 Å². The molecule has 1 aromatic carbocycles. The first-order chi connectivity index (χ1) is 10.9. The number of halogens is 2. The SMILES string of the molecule is CCC(Nc1ccc(S(=O)(=O)NC)cn1)c1cc(F)ccc1F. The van der Waals surface area contributed by atoms with Gasteiger partial charge in [-0.2, -0.15) is 0 Å². The fourth-order valence-corrected chi connectivity index (χ4v) is 2.78. The summed E-state index contributed by atoms with van der Waals surface area (Å²) >= 11 is 0. The molecule has 0 saturated heterocycles. The second-order valence-electron chi connectivity index (χ2n) is 4.86. The first-order valence-electron chi connectivity index (χ1n) is 6.98. The van der Waals surface area contributed by atoms with E-state index in [1.807, 2.05) is 6.92 Å². The van der Waals surface area contributed by atoms with Gasteiger partial charge in [-0.15, -0.1) is 0 Å². The minimum atomic E-state index is -3.56. The smallest absolute Gasteiger partial charge is 0.241 e. The summed E-state index contributed by atoms with van der Waals surface area (Å²) in [5, 5.41) is 2.98. The van der Waals surface area contributed by atoms with Crippen LogP contribution >= 0.6 is 0 Å². The van der Waals surface area contributed by atoms with E-state index in [9.17, 15) is 17.2 Å². The van der Waals surface area contributed by atoms with Gasteiger partial charge in [-0.05, 0) is 43.8 Å². The number of sulfonamides is 1. The summed E-state index contributed by atoms with van der Waals surface area (Å²) in [6.07, 6.45) is 1.70. The number of hydrogen-bond acceptors (Lipinski definition) is 4. The standard InChI is InChI=1S/C15H17F2N3O2S/c1-3-14(12-8-10(16)4-6-13(12)17)20-15-7-5-11(9-19-15)23(21,22)18-2/h4-9,14,18H,3H2,1-2H3,(H,19,20). The van der Waals surface area contributed by atoms with Gasteiger partial charge in [-0.1, -0.05) is 6.92 Å². The Morgan fingerprint density at radius 1 is 1.22 bits per heavy atom. The number of nitrogens with one attached hydrogen (secondary N) is 2. The van der Waals surface area contributed by atoms with E-state index < -0.39 is 27.7 Å². The zero-order valence-electron chi connectivity index (χ0n) is 12.7. The third-order valence-electron chi connectivity index (χ3n) is 3.38. The van der Waals surface area contributed by atoms with E-state index >= 15 is 0 Å². The van der Waals surface area contributed by atoms with Crippen LogP contribution < -0.4 is 10.0 Å². The number of pyridine rings is 1. The molecule has 0 fully saturated rings. The van der Waals surface area contributed by atoms with Crippen LogP contribution in [0.3, 0.4) is 0 Å². The fraction of sp³-hybridized carbons (Fsp3) is 0.267. The lowest BCUT2D eigenvalue weighted by atomic mass is 10.0. The van der Waals surface area contributed by atoms with Crippen LogP contribution in [0.5, 0.6) is 0 Å². The average Bonchev–Trinajstić information content (AvgIpc) is 2.55. The molecule has 2 N–H and O–H groups in total. The third kappa shape index (κ3) is 4.02. The number of hydrogen-bond donors (Lipinski definition) is 2. The van der Waals surface area contributed by atoms with Crippen LogP contribution in [-0.2, 0) is 10.0 Å². The third-order valence-corrected chi connectivity index (χ3v) is 4.78. The summed E-state index contributed by atoms with van der Waals surface area (Å²) in [5.41, 5.74) is 0.196. The number of nitrogens with zero attached hydrogens (tertiary/aromatic N) is 1. The summed E-state index contributed by atoms with van der Waals surface area (Å²) < 4.78 is 52.6. The monoisotopic (exact) mass is 341 g/mol. The van der Waals surface area contributed by atoms with Gasteiger partial charge in [0.25, 0.3) is 0 Å². The van der Waals surface area contributed by atoms with Gasteiger partial charge in [-0.3, -0.25) is 0 Å². The highest BCUT2D eigenvalue weighted by atomic mass is 32.2. The Morgan fingerprint density at radius 3 is 2.52 bits per heavy atom. The maximum absolute atomic E-state index is 13.9. The molecule has 0 spiro atoms. The molecule has 5 nitrogen and oxygen atoms in total. The number of aromatic nitrogens is 1. The quantitative estimate of drug-likeness (QED) is 0.847. The minimum absolute atomic E-state index is 0.0236. The van der Waals surface area contributed by atoms with Gasteiger partial charge in [0.1, 0.15) is 22.3 Å². The molecule has 1 aromatic heterocycles. The summed E-state index contributed by atoms with van der Waals surface area (Å²) in [7, 11) is -2.26. The van der Waals surface area contributed by atoms with E-state index in [-0.39, 0.29) is 10.5 Å². The Bertz CT molecular complexity index is 780. The molecule has 0 saturated carbocycles. The van der Waals surface area contributed by atoms with Crippen LogP contribution in [-0.4, -0.2) is 20.4 Å². The molecular formula is C15H17F2N3O2S. The molecular weight excluding hydrogens is 324 g/mol. The maximum Gasteiger partial charge on any atom is 0.241 e. The predicted molar refractivity (Wildman–Crippen MR) is 83.5 cm³/mol. The van der Waals surface area contributed by atoms with Crippen molar-refractivity contribution in [3.8, 4) is 0 Å². The largest absolute Gasteiger partial charge is 0.363 e. The van der Waals surface area contributed by atoms with Crippen molar-refractivity contribution in [2.45, 2.75) is 24.3 Å². The molecule has 1 unspecified atom stereocenters. The van der Waals surface area contributed by atoms with Crippen LogP contribution in [0, 0.1) is 11.6 Å². The van der Waals surface area contributed by atoms with E-state index in [4.69, 9.17) is 0 Å². The second-order valence-corrected chi connectivity index (χ2v) is 6.74. The Hall–Kier alpha value is -2.06. The van der Waals surface area contributed by atoms with Crippen molar-refractivity contribution in [3.63, 3.8) is 0 Å². The lowest BCUT2D eigenvalue weighted by Crippen LogP contribution is -2.19. The first kappa shape index (κ1) is 17.3. The van der Waals surface area contributed by atoms with Gasteiger partial charge in [0.15, 0.2) is 0 Å². The zero-order valence-corrected chi connectivity index (χ0v) is 13.5. The lowest BCUT2D eigenvalue weighted by Gasteiger charge is -2.19. The van der Waals surface area contributed by atoms with Gasteiger partial charge < -0.3 is 5.32 Å². The highest BCUT2D eigenvalue weighted by molar-refractivity contribution is 7.89. The van der Waals surface area contributed by atoms with Crippen molar-refractivity contribution in [3.05, 3.63) is 53.7 Å². The van der Waals surface area contributed by atoms with Gasteiger partial charge in [-0.25, -0.2) is 26.9 Å². The van der Waals surface area contributed by atoms with Crippen molar-refractivity contribution >= 4 is 15.8 Å². The molecule has 2 aromatic rings. The summed E-state index contributed by atoms with van der Waals surface area (Å²) in [5.74, 6) is -0.666. The molecule has 8 heteroatoms. The minimum Gasteiger partial charge on any atom is -0.363 e. The van der Waals surface area contributed by atoms with Crippen molar-refractivity contribution in [1.29, 1.82) is 0 Å². The van der Waals surface area contributed by atoms with Crippen molar-refractivity contribution < 1.29 is 17.2 Å². The van der Waals surface area contributed by atoms with Gasteiger partial charge in [0.05, 0.1) is 6.04 Å². The normalized spacial score (nSPS) is 12.9. The first-order valence-corrected chi connectivity index (χ1v) is 8.46. The van der Waals surface area contributed by atoms with Gasteiger partial charge >= 0.3 is 0 Å². The van der Waals surface area contributed by atoms with Crippen molar-refractivity contribution in [2.24, 2.45) is 0 Å². The number of anilines is 1. The molecule has 0 aliphatic rings. The molecule has 0 amide bonds. The molecule has 124 valence electrons. The summed E-state index contributed by atoms with van der Waals surface area (Å²) in [6.45, 7) is 1.82. The average molecular weight is 341 g/mol. The molecule has 1 heterocycles. The van der Waals surface area contributed by atoms with Crippen LogP contribution in [0.2, 0.25) is 0 Å². The summed E-state index contributed by atoms with van der Waals surface area (Å²) in [6, 6.07) is 5.65. The molecule has 0 aliphatic carbocycles. The Labute approximate surface area is 133 Å². The van der Waals surface area contributed by atoms with Crippen molar-refractivity contribution in [2.75, 3.05) is 12.4 Å². The molecule has 0 bridgehead atoms. The van der Waals surface area contributed by atoms with Crippen LogP contribution in [0.1, 0.15) is 24.9 Å². The highest BCUT2D eigenvalue weighted by Gasteiger charge is 2.16. The molecule has 0 radical (unpaired) electrons. The van der Waals surface area contributed by atoms with Crippen LogP contribution in [0.25, 0.3) is 0 Å². The Kier molecular flexibility index (Phi) is 5.27. The maximum atomic E-state index is 13.9. The van der Waals surface area contributed by atoms with E-state index in [1.165, 1.54) is 25.4 Å². The number of rotatable bonds is 6. The topological polar surface area (TPSA) is 71.1 Å². The highest BCUT2D eigenvalue weighted by Crippen LogP contribution is 2.25. The van der Waals surface area contributed by atoms with Crippen molar-refractivity contribution in [1.82, 2.24) is 9.71 Å². The predicted octanol–water partition coefficient (Wildman–Crippen LogP) is 2.83. The number of benzene rings is 1. The second kappa shape index (κ2) is 7.01. The summed E-state index contributed by atoms with van der Waals surface area (Å²) in [4.78, 5) is 4.04. The zero-order chi connectivity index (χ0) is 17.0. The lowest BCUT2D eigenvalue weighted by molar-refractivity contribution is 0.566.